The number of phenolic OH excluding ortho intramolecular Hbond substituents is 1. The molecule has 1 amide bonds. The molecule has 430 valence electrons. The number of nitrogen functional groups attached to an aromatic ring is 1. The summed E-state index contributed by atoms with van der Waals surface area (Å²) in [6.07, 6.45) is 0.492. The largest absolute Gasteiger partial charge is 0.870 e. The minimum absolute atomic E-state index is 0. The summed E-state index contributed by atoms with van der Waals surface area (Å²) < 4.78 is 34.0. The third-order valence-electron chi connectivity index (χ3n) is 10.5. The monoisotopic (exact) mass is 1110 g/mol. The van der Waals surface area contributed by atoms with Gasteiger partial charge in [-0.05, 0) is 93.8 Å². The van der Waals surface area contributed by atoms with E-state index in [1.807, 2.05) is 43.9 Å². The zero-order valence-corrected chi connectivity index (χ0v) is 44.9. The van der Waals surface area contributed by atoms with Crippen molar-refractivity contribution in [1.29, 1.82) is 0 Å². The molecule has 6 rings (SSSR count). The second kappa shape index (κ2) is 37.2. The lowest BCUT2D eigenvalue weighted by atomic mass is 10.1. The van der Waals surface area contributed by atoms with Crippen molar-refractivity contribution in [2.45, 2.75) is 47.5 Å². The van der Waals surface area contributed by atoms with Gasteiger partial charge >= 0.3 is 29.8 Å². The quantitative estimate of drug-likeness (QED) is 0.0334. The van der Waals surface area contributed by atoms with Crippen molar-refractivity contribution < 1.29 is 98.6 Å². The van der Waals surface area contributed by atoms with Gasteiger partial charge in [-0.1, -0.05) is 18.2 Å². The number of aliphatic carboxylic acids is 2. The van der Waals surface area contributed by atoms with E-state index in [1.54, 1.807) is 78.8 Å². The average molecular weight is 1110 g/mol. The minimum Gasteiger partial charge on any atom is -0.870 e. The molecule has 0 radical (unpaired) electrons. The number of benzene rings is 5. The summed E-state index contributed by atoms with van der Waals surface area (Å²) in [5.74, 6) is -0.999. The first-order valence-electron chi connectivity index (χ1n) is 23.3. The lowest BCUT2D eigenvalue weighted by Gasteiger charge is -2.30. The number of carboxylic acid groups (broad SMARTS) is 2. The SMILES string of the molecule is COC(=O)COc1ccc(C)c(N)c1.COC(=O)COc1ccc(C)c(NCCC(=O)O)c1.COC(=O)COc1ccc(C)c([NH+]=O)c1.Cc1ccc(O)cc1[NH+]=O.Cc1ccc(OCC(=O)O)cc1N1CCC(=O)NC1.[OH-].[OH-]. The van der Waals surface area contributed by atoms with Gasteiger partial charge in [0, 0.05) is 86.1 Å². The first-order chi connectivity index (χ1) is 36.6. The van der Waals surface area contributed by atoms with Crippen LogP contribution in [0.25, 0.3) is 0 Å². The highest BCUT2D eigenvalue weighted by molar-refractivity contribution is 5.78. The molecule has 0 unspecified atom stereocenters. The summed E-state index contributed by atoms with van der Waals surface area (Å²) in [4.78, 5) is 87.2. The zero-order chi connectivity index (χ0) is 57.5. The van der Waals surface area contributed by atoms with E-state index in [9.17, 15) is 38.6 Å². The first-order valence-corrected chi connectivity index (χ1v) is 23.3. The predicted molar refractivity (Wildman–Crippen MR) is 285 cm³/mol. The van der Waals surface area contributed by atoms with Crippen LogP contribution in [-0.2, 0) is 43.0 Å². The summed E-state index contributed by atoms with van der Waals surface area (Å²) in [6, 6.07) is 25.5. The first kappa shape index (κ1) is 69.4. The molecule has 0 saturated carbocycles. The van der Waals surface area contributed by atoms with Gasteiger partial charge in [-0.15, -0.1) is 0 Å². The summed E-state index contributed by atoms with van der Waals surface area (Å²) >= 11 is 0. The number of ether oxygens (including phenoxy) is 7. The standard InChI is InChI=1S/C13H16N2O4.C13H17NO5.C10H11NO4.C10H13NO3.C7H7NO2.2H2O/c1-9-2-3-10(19-7-13(17)18)6-11(9)15-5-4-12(16)14-8-15;1-9-3-4-10(19-8-13(17)18-2)7-11(9)14-6-5-12(15)16;1-7-3-4-8(5-9(7)11-13)15-6-10(12)14-2;1-7-3-4-8(5-9(7)11)14-6-10(12)13-2;1-5-2-3-6(9)4-7(5)8-10;;/h2-3,6H,4-5,7-8H2,1H3,(H,14,16)(H,17,18);3-4,7,14H,5-6,8H2,1-2H3,(H,15,16);3-5H,6H2,1-2H3;3-5H,6,11H2,1-2H3;2-4,9H,1H3;2*1H2. The number of amides is 1. The van der Waals surface area contributed by atoms with Gasteiger partial charge in [-0.3, -0.25) is 9.59 Å². The maximum absolute atomic E-state index is 11.1. The minimum atomic E-state index is -1.01. The van der Waals surface area contributed by atoms with Gasteiger partial charge in [0.15, 0.2) is 26.4 Å². The molecule has 11 N–H and O–H groups in total. The third kappa shape index (κ3) is 27.2. The van der Waals surface area contributed by atoms with Gasteiger partial charge in [-0.2, -0.15) is 0 Å². The number of nitrogens with two attached hydrogens (primary N) is 1. The van der Waals surface area contributed by atoms with Gasteiger partial charge in [0.1, 0.15) is 28.7 Å². The number of anilines is 3. The Hall–Kier alpha value is -9.56. The molecule has 79 heavy (non-hydrogen) atoms. The molecule has 5 aromatic rings. The Bertz CT molecular complexity index is 2780. The number of rotatable bonds is 19. The van der Waals surface area contributed by atoms with Gasteiger partial charge in [0.25, 0.3) is 11.4 Å². The van der Waals surface area contributed by atoms with E-state index < -0.39 is 29.8 Å². The van der Waals surface area contributed by atoms with E-state index in [0.717, 1.165) is 39.2 Å². The predicted octanol–water partition coefficient (Wildman–Crippen LogP) is 3.16. The van der Waals surface area contributed by atoms with E-state index in [0.29, 0.717) is 66.2 Å². The van der Waals surface area contributed by atoms with Crippen molar-refractivity contribution in [2.24, 2.45) is 0 Å². The van der Waals surface area contributed by atoms with Gasteiger partial charge in [-0.25, -0.2) is 19.2 Å². The van der Waals surface area contributed by atoms with Gasteiger partial charge in [0.2, 0.25) is 5.91 Å². The highest BCUT2D eigenvalue weighted by atomic mass is 16.6. The van der Waals surface area contributed by atoms with Crippen LogP contribution in [0.5, 0.6) is 28.7 Å². The average Bonchev–Trinajstić information content (AvgIpc) is 3.42. The lowest BCUT2D eigenvalue weighted by molar-refractivity contribution is -0.380. The molecule has 0 bridgehead atoms. The van der Waals surface area contributed by atoms with Crippen LogP contribution in [0.4, 0.5) is 28.4 Å². The Morgan fingerprint density at radius 1 is 0.595 bits per heavy atom. The Balaban J connectivity index is 0.000000971. The van der Waals surface area contributed by atoms with E-state index in [-0.39, 0.29) is 55.5 Å². The second-order valence-electron chi connectivity index (χ2n) is 16.2. The molecule has 1 aliphatic rings. The normalized spacial score (nSPS) is 10.6. The molecule has 0 atom stereocenters. The van der Waals surface area contributed by atoms with Crippen LogP contribution in [-0.4, -0.2) is 130 Å². The number of nitrogens with zero attached hydrogens (tertiary/aromatic N) is 1. The van der Waals surface area contributed by atoms with Crippen LogP contribution in [0.2, 0.25) is 0 Å². The third-order valence-corrected chi connectivity index (χ3v) is 10.5. The van der Waals surface area contributed by atoms with Crippen molar-refractivity contribution in [3.05, 3.63) is 129 Å². The summed E-state index contributed by atoms with van der Waals surface area (Å²) in [7, 11) is 3.89. The number of hydrogen-bond donors (Lipinski definition) is 8. The van der Waals surface area contributed by atoms with Crippen molar-refractivity contribution in [3.63, 3.8) is 0 Å². The van der Waals surface area contributed by atoms with E-state index in [2.05, 4.69) is 24.8 Å². The number of esters is 3. The number of carboxylic acids is 2. The molecular formula is C53H68N6O20. The molecule has 26 nitrogen and oxygen atoms in total. The lowest BCUT2D eigenvalue weighted by Crippen LogP contribution is -2.56. The molecule has 5 aromatic carbocycles. The molecular weight excluding hydrogens is 1040 g/mol. The van der Waals surface area contributed by atoms with Crippen molar-refractivity contribution in [1.82, 2.24) is 5.32 Å². The topological polar surface area (TPSA) is 403 Å². The number of nitroso groups, excluding NO2 is 2. The fraction of sp³-hybridized carbons (Fsp3) is 0.321. The van der Waals surface area contributed by atoms with Crippen molar-refractivity contribution in [2.75, 3.05) is 83.5 Å². The highest BCUT2D eigenvalue weighted by Crippen LogP contribution is 2.27. The summed E-state index contributed by atoms with van der Waals surface area (Å²) in [6.45, 7) is 10.0. The summed E-state index contributed by atoms with van der Waals surface area (Å²) in [5.41, 5.74) is 13.5. The van der Waals surface area contributed by atoms with Crippen molar-refractivity contribution >= 4 is 64.2 Å². The van der Waals surface area contributed by atoms with Crippen molar-refractivity contribution in [3.8, 4) is 28.7 Å². The fourth-order valence-electron chi connectivity index (χ4n) is 5.98. The van der Waals surface area contributed by atoms with Crippen LogP contribution < -0.4 is 50.6 Å². The Labute approximate surface area is 455 Å². The molecule has 1 heterocycles. The molecule has 0 aliphatic carbocycles. The molecule has 26 heteroatoms. The molecule has 0 aromatic heterocycles. The Morgan fingerprint density at radius 2 is 1.04 bits per heavy atom. The number of hydrogen-bond acceptors (Lipinski definition) is 21. The maximum atomic E-state index is 11.1. The Morgan fingerprint density at radius 3 is 1.49 bits per heavy atom. The number of nitrogens with one attached hydrogen (secondary N) is 4. The number of carbonyl (C=O) groups is 6. The fourth-order valence-corrected chi connectivity index (χ4v) is 5.98. The van der Waals surface area contributed by atoms with Gasteiger partial charge < -0.3 is 80.7 Å². The number of aromatic hydroxyl groups is 1. The van der Waals surface area contributed by atoms with E-state index in [1.165, 1.54) is 39.5 Å². The van der Waals surface area contributed by atoms with Crippen LogP contribution in [0.1, 0.15) is 40.7 Å². The number of methoxy groups -OCH3 is 3. The smallest absolute Gasteiger partial charge is 0.343 e. The molecule has 1 saturated heterocycles. The summed E-state index contributed by atoms with van der Waals surface area (Å²) in [5, 5.41) is 35.4. The molecule has 1 aliphatic heterocycles. The Kier molecular flexibility index (Phi) is 32.7. The molecule has 1 fully saturated rings. The van der Waals surface area contributed by atoms with Crippen LogP contribution in [0.15, 0.2) is 91.0 Å². The zero-order valence-electron chi connectivity index (χ0n) is 44.9. The van der Waals surface area contributed by atoms with E-state index >= 15 is 0 Å². The highest BCUT2D eigenvalue weighted by Gasteiger charge is 2.18. The molecule has 0 spiro atoms. The van der Waals surface area contributed by atoms with E-state index in [4.69, 9.17) is 40.0 Å². The number of aryl methyl sites for hydroxylation is 5. The maximum Gasteiger partial charge on any atom is 0.343 e. The number of phenols is 1. The van der Waals surface area contributed by atoms with Crippen LogP contribution in [0, 0.1) is 44.4 Å². The number of carbonyl (C=O) groups excluding carboxylic acids is 4. The van der Waals surface area contributed by atoms with Crippen LogP contribution in [0.3, 0.4) is 0 Å². The van der Waals surface area contributed by atoms with Crippen LogP contribution >= 0.6 is 0 Å². The second-order valence-corrected chi connectivity index (χ2v) is 16.2. The van der Waals surface area contributed by atoms with Gasteiger partial charge in [0.05, 0.1) is 46.6 Å².